The second kappa shape index (κ2) is 6.62. The fraction of sp³-hybridized carbons (Fsp3) is 0.250. The zero-order chi connectivity index (χ0) is 18.9. The third-order valence-electron chi connectivity index (χ3n) is 3.85. The maximum Gasteiger partial charge on any atom is 0.451 e. The molecule has 0 fully saturated rings. The van der Waals surface area contributed by atoms with Crippen molar-refractivity contribution in [3.8, 4) is 0 Å². The molecule has 0 saturated carbocycles. The molecule has 1 aromatic heterocycles. The van der Waals surface area contributed by atoms with Gasteiger partial charge in [-0.05, 0) is 17.2 Å². The quantitative estimate of drug-likeness (QED) is 0.875. The van der Waals surface area contributed by atoms with Gasteiger partial charge in [0.25, 0.3) is 0 Å². The molecular weight excluding hydrogens is 351 g/mol. The molecule has 1 aromatic carbocycles. The fourth-order valence-corrected chi connectivity index (χ4v) is 2.71. The van der Waals surface area contributed by atoms with Crippen LogP contribution in [0.5, 0.6) is 0 Å². The highest BCUT2D eigenvalue weighted by Crippen LogP contribution is 2.33. The van der Waals surface area contributed by atoms with E-state index in [4.69, 9.17) is 0 Å². The Morgan fingerprint density at radius 1 is 1.31 bits per heavy atom. The summed E-state index contributed by atoms with van der Waals surface area (Å²) in [7, 11) is 0. The van der Waals surface area contributed by atoms with Crippen LogP contribution in [0.1, 0.15) is 36.3 Å². The first-order chi connectivity index (χ1) is 12.3. The molecule has 0 bridgehead atoms. The van der Waals surface area contributed by atoms with Crippen LogP contribution < -0.4 is 5.32 Å². The van der Waals surface area contributed by atoms with Gasteiger partial charge in [0.2, 0.25) is 23.6 Å². The molecule has 1 atom stereocenters. The van der Waals surface area contributed by atoms with Crippen LogP contribution in [-0.4, -0.2) is 31.9 Å². The number of H-pyrrole nitrogens is 1. The van der Waals surface area contributed by atoms with Gasteiger partial charge in [-0.3, -0.25) is 20.0 Å². The van der Waals surface area contributed by atoms with E-state index in [1.54, 1.807) is 29.5 Å². The maximum atomic E-state index is 12.5. The average molecular weight is 365 g/mol. The summed E-state index contributed by atoms with van der Waals surface area (Å²) in [6, 6.07) is 6.68. The monoisotopic (exact) mass is 365 g/mol. The summed E-state index contributed by atoms with van der Waals surface area (Å²) in [6.45, 7) is 1.37. The summed E-state index contributed by atoms with van der Waals surface area (Å²) in [5, 5.41) is 7.27. The largest absolute Gasteiger partial charge is 0.451 e. The molecule has 1 aliphatic heterocycles. The van der Waals surface area contributed by atoms with E-state index >= 15 is 0 Å². The van der Waals surface area contributed by atoms with Crippen LogP contribution >= 0.6 is 0 Å². The van der Waals surface area contributed by atoms with Crippen LogP contribution in [0.2, 0.25) is 0 Å². The van der Waals surface area contributed by atoms with E-state index in [1.807, 2.05) is 12.1 Å². The van der Waals surface area contributed by atoms with Gasteiger partial charge in [0, 0.05) is 13.1 Å². The topological polar surface area (TPSA) is 91.0 Å². The third kappa shape index (κ3) is 3.58. The van der Waals surface area contributed by atoms with Crippen molar-refractivity contribution >= 4 is 23.8 Å². The molecular formula is C16H14F3N5O2. The Hall–Kier alpha value is -3.17. The van der Waals surface area contributed by atoms with E-state index in [0.29, 0.717) is 0 Å². The summed E-state index contributed by atoms with van der Waals surface area (Å²) in [4.78, 5) is 28.7. The van der Waals surface area contributed by atoms with Gasteiger partial charge >= 0.3 is 6.18 Å². The number of nitrogens with one attached hydrogen (secondary N) is 2. The Bertz CT molecular complexity index is 875. The number of fused-ring (bicyclic) bond motifs is 1. The lowest BCUT2D eigenvalue weighted by atomic mass is 9.93. The van der Waals surface area contributed by atoms with Gasteiger partial charge in [-0.25, -0.2) is 0 Å². The van der Waals surface area contributed by atoms with Crippen LogP contribution in [0.4, 0.5) is 19.1 Å². The highest BCUT2D eigenvalue weighted by molar-refractivity contribution is 5.90. The minimum Gasteiger partial charge on any atom is -0.311 e. The van der Waals surface area contributed by atoms with Crippen LogP contribution in [-0.2, 0) is 15.8 Å². The Morgan fingerprint density at radius 3 is 2.69 bits per heavy atom. The van der Waals surface area contributed by atoms with Gasteiger partial charge in [0.05, 0.1) is 12.5 Å². The van der Waals surface area contributed by atoms with E-state index in [1.165, 1.54) is 11.8 Å². The molecule has 7 nitrogen and oxygen atoms in total. The van der Waals surface area contributed by atoms with E-state index in [2.05, 4.69) is 15.4 Å². The van der Waals surface area contributed by atoms with Crippen molar-refractivity contribution in [1.82, 2.24) is 20.1 Å². The van der Waals surface area contributed by atoms with Gasteiger partial charge < -0.3 is 4.90 Å². The number of aromatic nitrogens is 3. The number of benzene rings is 1. The SMILES string of the molecule is CC(=O)N1C=Cc2ccccc2C1CC(=O)Nc1n[nH]c(C(F)(F)F)n1. The van der Waals surface area contributed by atoms with Gasteiger partial charge in [0.1, 0.15) is 0 Å². The molecule has 26 heavy (non-hydrogen) atoms. The number of carbonyl (C=O) groups excluding carboxylic acids is 2. The highest BCUT2D eigenvalue weighted by Gasteiger charge is 2.35. The summed E-state index contributed by atoms with van der Waals surface area (Å²) in [5.41, 5.74) is 1.63. The lowest BCUT2D eigenvalue weighted by Gasteiger charge is -2.32. The number of anilines is 1. The normalized spacial score (nSPS) is 16.3. The summed E-state index contributed by atoms with van der Waals surface area (Å²) < 4.78 is 37.6. The summed E-state index contributed by atoms with van der Waals surface area (Å²) in [6.07, 6.45) is -1.50. The highest BCUT2D eigenvalue weighted by atomic mass is 19.4. The Morgan fingerprint density at radius 2 is 2.04 bits per heavy atom. The predicted molar refractivity (Wildman–Crippen MR) is 85.4 cm³/mol. The van der Waals surface area contributed by atoms with Crippen LogP contribution in [0.15, 0.2) is 30.5 Å². The van der Waals surface area contributed by atoms with E-state index in [0.717, 1.165) is 11.1 Å². The lowest BCUT2D eigenvalue weighted by molar-refractivity contribution is -0.144. The predicted octanol–water partition coefficient (Wildman–Crippen LogP) is 2.73. The third-order valence-corrected chi connectivity index (χ3v) is 3.85. The molecule has 3 rings (SSSR count). The Balaban J connectivity index is 1.77. The van der Waals surface area contributed by atoms with Crippen LogP contribution in [0.3, 0.4) is 0 Å². The maximum absolute atomic E-state index is 12.5. The van der Waals surface area contributed by atoms with Crippen molar-refractivity contribution in [1.29, 1.82) is 0 Å². The molecule has 2 N–H and O–H groups in total. The number of hydrogen-bond donors (Lipinski definition) is 2. The molecule has 2 heterocycles. The van der Waals surface area contributed by atoms with Crippen molar-refractivity contribution < 1.29 is 22.8 Å². The second-order valence-corrected chi connectivity index (χ2v) is 5.64. The number of nitrogens with zero attached hydrogens (tertiary/aromatic N) is 3. The van der Waals surface area contributed by atoms with Crippen molar-refractivity contribution in [3.05, 3.63) is 47.4 Å². The molecule has 136 valence electrons. The lowest BCUT2D eigenvalue weighted by Crippen LogP contribution is -2.33. The smallest absolute Gasteiger partial charge is 0.311 e. The standard InChI is InChI=1S/C16H14F3N5O2/c1-9(25)24-7-6-10-4-2-3-5-11(10)12(24)8-13(26)20-15-21-14(22-23-15)16(17,18)19/h2-7,12H,8H2,1H3,(H2,20,21,22,23,26). The molecule has 10 heteroatoms. The van der Waals surface area contributed by atoms with E-state index in [-0.39, 0.29) is 12.3 Å². The van der Waals surface area contributed by atoms with E-state index in [9.17, 15) is 22.8 Å². The number of amides is 2. The first kappa shape index (κ1) is 17.6. The molecule has 1 aliphatic rings. The number of carbonyl (C=O) groups is 2. The Kier molecular flexibility index (Phi) is 4.49. The second-order valence-electron chi connectivity index (χ2n) is 5.64. The average Bonchev–Trinajstić information content (AvgIpc) is 3.03. The molecule has 0 aliphatic carbocycles. The molecule has 0 spiro atoms. The zero-order valence-corrected chi connectivity index (χ0v) is 13.5. The number of hydrogen-bond acceptors (Lipinski definition) is 4. The number of rotatable bonds is 3. The van der Waals surface area contributed by atoms with Crippen molar-refractivity contribution in [2.24, 2.45) is 0 Å². The number of aromatic amines is 1. The first-order valence-corrected chi connectivity index (χ1v) is 7.61. The Labute approximate surface area is 145 Å². The summed E-state index contributed by atoms with van der Waals surface area (Å²) in [5.74, 6) is -2.65. The van der Waals surface area contributed by atoms with Crippen molar-refractivity contribution in [2.75, 3.05) is 5.32 Å². The zero-order valence-electron chi connectivity index (χ0n) is 13.5. The van der Waals surface area contributed by atoms with E-state index < -0.39 is 29.9 Å². The molecule has 1 unspecified atom stereocenters. The summed E-state index contributed by atoms with van der Waals surface area (Å²) >= 11 is 0. The van der Waals surface area contributed by atoms with Crippen molar-refractivity contribution in [2.45, 2.75) is 25.6 Å². The fourth-order valence-electron chi connectivity index (χ4n) is 2.71. The molecule has 0 radical (unpaired) electrons. The van der Waals surface area contributed by atoms with Crippen LogP contribution in [0.25, 0.3) is 6.08 Å². The van der Waals surface area contributed by atoms with Gasteiger partial charge in [-0.2, -0.15) is 18.2 Å². The van der Waals surface area contributed by atoms with Gasteiger partial charge in [-0.15, -0.1) is 5.10 Å². The number of alkyl halides is 3. The van der Waals surface area contributed by atoms with Crippen molar-refractivity contribution in [3.63, 3.8) is 0 Å². The molecule has 0 saturated heterocycles. The minimum absolute atomic E-state index is 0.156. The van der Waals surface area contributed by atoms with Crippen LogP contribution in [0, 0.1) is 0 Å². The van der Waals surface area contributed by atoms with Gasteiger partial charge in [0.15, 0.2) is 0 Å². The number of halogens is 3. The molecule has 2 amide bonds. The first-order valence-electron chi connectivity index (χ1n) is 7.61. The van der Waals surface area contributed by atoms with Gasteiger partial charge in [-0.1, -0.05) is 24.3 Å². The minimum atomic E-state index is -4.69. The molecule has 2 aromatic rings.